The van der Waals surface area contributed by atoms with Crippen LogP contribution in [0.4, 0.5) is 5.82 Å². The van der Waals surface area contributed by atoms with E-state index in [1.54, 1.807) is 19.4 Å². The van der Waals surface area contributed by atoms with Crippen molar-refractivity contribution in [2.75, 3.05) is 25.6 Å². The fourth-order valence-corrected chi connectivity index (χ4v) is 2.91. The molecule has 2 aromatic rings. The number of methoxy groups -OCH3 is 1. The molecule has 132 valence electrons. The van der Waals surface area contributed by atoms with Crippen molar-refractivity contribution < 1.29 is 14.3 Å². The molecule has 1 unspecified atom stereocenters. The molecule has 0 saturated carbocycles. The highest BCUT2D eigenvalue weighted by molar-refractivity contribution is 5.93. The minimum absolute atomic E-state index is 0.0652. The number of benzene rings is 1. The second kappa shape index (κ2) is 7.98. The van der Waals surface area contributed by atoms with Gasteiger partial charge in [-0.15, -0.1) is 0 Å². The molecule has 25 heavy (non-hydrogen) atoms. The lowest BCUT2D eigenvalue weighted by Gasteiger charge is -2.31. The molecule has 0 aliphatic carbocycles. The molecule has 1 aliphatic heterocycles. The van der Waals surface area contributed by atoms with Gasteiger partial charge in [-0.3, -0.25) is 9.69 Å². The zero-order valence-corrected chi connectivity index (χ0v) is 14.6. The quantitative estimate of drug-likeness (QED) is 0.926. The van der Waals surface area contributed by atoms with Crippen LogP contribution in [0.25, 0.3) is 0 Å². The molecule has 1 aromatic carbocycles. The summed E-state index contributed by atoms with van der Waals surface area (Å²) < 4.78 is 11.3. The summed E-state index contributed by atoms with van der Waals surface area (Å²) in [5.74, 6) is 2.00. The van der Waals surface area contributed by atoms with Crippen LogP contribution in [0, 0.1) is 0 Å². The van der Waals surface area contributed by atoms with E-state index >= 15 is 0 Å². The second-order valence-electron chi connectivity index (χ2n) is 6.00. The number of nitrogens with zero attached hydrogens (tertiary/aromatic N) is 2. The monoisotopic (exact) mass is 341 g/mol. The standard InChI is InChI=1S/C19H23N3O3/c1-14(19(23)21-17-9-3-4-10-20-17)22-11-6-12-25-18-15(13-22)7-5-8-16(18)24-2/h3-5,7-10,14H,6,11-13H2,1-2H3,(H,20,21,23). The first-order valence-corrected chi connectivity index (χ1v) is 8.43. The van der Waals surface area contributed by atoms with Crippen LogP contribution < -0.4 is 14.8 Å². The van der Waals surface area contributed by atoms with Gasteiger partial charge in [-0.25, -0.2) is 4.98 Å². The molecule has 6 heteroatoms. The van der Waals surface area contributed by atoms with Crippen LogP contribution in [0.3, 0.4) is 0 Å². The number of pyridine rings is 1. The van der Waals surface area contributed by atoms with E-state index in [1.165, 1.54) is 0 Å². The number of nitrogens with one attached hydrogen (secondary N) is 1. The number of carbonyl (C=O) groups excluding carboxylic acids is 1. The van der Waals surface area contributed by atoms with Crippen molar-refractivity contribution in [1.82, 2.24) is 9.88 Å². The van der Waals surface area contributed by atoms with Gasteiger partial charge in [-0.2, -0.15) is 0 Å². The number of hydrogen-bond acceptors (Lipinski definition) is 5. The van der Waals surface area contributed by atoms with Crippen LogP contribution >= 0.6 is 0 Å². The Morgan fingerprint density at radius 1 is 1.32 bits per heavy atom. The van der Waals surface area contributed by atoms with Crippen LogP contribution in [0.2, 0.25) is 0 Å². The lowest BCUT2D eigenvalue weighted by Crippen LogP contribution is -2.43. The van der Waals surface area contributed by atoms with Crippen molar-refractivity contribution in [3.8, 4) is 11.5 Å². The Labute approximate surface area is 147 Å². The van der Waals surface area contributed by atoms with Crippen LogP contribution in [-0.2, 0) is 11.3 Å². The number of anilines is 1. The molecule has 1 aromatic heterocycles. The number of aromatic nitrogens is 1. The van der Waals surface area contributed by atoms with Crippen LogP contribution in [0.5, 0.6) is 11.5 Å². The van der Waals surface area contributed by atoms with Gasteiger partial charge < -0.3 is 14.8 Å². The normalized spacial score (nSPS) is 15.9. The lowest BCUT2D eigenvalue weighted by atomic mass is 10.1. The predicted molar refractivity (Wildman–Crippen MR) is 95.8 cm³/mol. The van der Waals surface area contributed by atoms with Crippen LogP contribution in [0.1, 0.15) is 18.9 Å². The maximum Gasteiger partial charge on any atom is 0.242 e. The summed E-state index contributed by atoms with van der Waals surface area (Å²) in [4.78, 5) is 18.9. The number of amides is 1. The average molecular weight is 341 g/mol. The smallest absolute Gasteiger partial charge is 0.242 e. The molecule has 1 N–H and O–H groups in total. The molecule has 3 rings (SSSR count). The van der Waals surface area contributed by atoms with Crippen molar-refractivity contribution in [3.05, 3.63) is 48.2 Å². The number of para-hydroxylation sites is 1. The first kappa shape index (κ1) is 17.2. The number of fused-ring (bicyclic) bond motifs is 1. The van der Waals surface area contributed by atoms with E-state index in [2.05, 4.69) is 15.2 Å². The molecular formula is C19H23N3O3. The Kier molecular flexibility index (Phi) is 5.50. The summed E-state index contributed by atoms with van der Waals surface area (Å²) in [5.41, 5.74) is 1.02. The van der Waals surface area contributed by atoms with Crippen molar-refractivity contribution in [2.24, 2.45) is 0 Å². The van der Waals surface area contributed by atoms with Crippen molar-refractivity contribution in [2.45, 2.75) is 25.9 Å². The Bertz CT molecular complexity index is 721. The number of ether oxygens (including phenoxy) is 2. The minimum atomic E-state index is -0.279. The highest BCUT2D eigenvalue weighted by Gasteiger charge is 2.25. The Hall–Kier alpha value is -2.60. The van der Waals surface area contributed by atoms with Gasteiger partial charge in [-0.1, -0.05) is 18.2 Å². The van der Waals surface area contributed by atoms with Crippen molar-refractivity contribution >= 4 is 11.7 Å². The minimum Gasteiger partial charge on any atom is -0.493 e. The summed E-state index contributed by atoms with van der Waals surface area (Å²) in [5, 5.41) is 2.87. The van der Waals surface area contributed by atoms with Gasteiger partial charge in [0.2, 0.25) is 5.91 Å². The first-order chi connectivity index (χ1) is 12.2. The third-order valence-electron chi connectivity index (χ3n) is 4.33. The van der Waals surface area contributed by atoms with E-state index in [1.807, 2.05) is 37.3 Å². The second-order valence-corrected chi connectivity index (χ2v) is 6.00. The number of hydrogen-bond donors (Lipinski definition) is 1. The van der Waals surface area contributed by atoms with Gasteiger partial charge in [0.05, 0.1) is 19.8 Å². The Morgan fingerprint density at radius 3 is 2.96 bits per heavy atom. The van der Waals surface area contributed by atoms with E-state index in [4.69, 9.17) is 9.47 Å². The molecule has 1 aliphatic rings. The SMILES string of the molecule is COc1cccc2c1OCCCN(C(C)C(=O)Nc1ccccn1)C2. The zero-order chi connectivity index (χ0) is 17.6. The summed E-state index contributed by atoms with van der Waals surface area (Å²) >= 11 is 0. The Balaban J connectivity index is 1.75. The van der Waals surface area contributed by atoms with Crippen molar-refractivity contribution in [1.29, 1.82) is 0 Å². The van der Waals surface area contributed by atoms with E-state index in [-0.39, 0.29) is 11.9 Å². The van der Waals surface area contributed by atoms with E-state index < -0.39 is 0 Å². The maximum atomic E-state index is 12.6. The highest BCUT2D eigenvalue weighted by Crippen LogP contribution is 2.33. The predicted octanol–water partition coefficient (Wildman–Crippen LogP) is 2.70. The average Bonchev–Trinajstić information content (AvgIpc) is 2.62. The largest absolute Gasteiger partial charge is 0.493 e. The van der Waals surface area contributed by atoms with E-state index in [9.17, 15) is 4.79 Å². The zero-order valence-electron chi connectivity index (χ0n) is 14.6. The third-order valence-corrected chi connectivity index (χ3v) is 4.33. The number of carbonyl (C=O) groups is 1. The summed E-state index contributed by atoms with van der Waals surface area (Å²) in [6.45, 7) is 3.93. The van der Waals surface area contributed by atoms with Gasteiger partial charge in [0.25, 0.3) is 0 Å². The molecule has 0 bridgehead atoms. The van der Waals surface area contributed by atoms with Gasteiger partial charge in [-0.05, 0) is 31.5 Å². The summed E-state index contributed by atoms with van der Waals surface area (Å²) in [6.07, 6.45) is 2.51. The van der Waals surface area contributed by atoms with E-state index in [0.717, 1.165) is 30.0 Å². The Morgan fingerprint density at radius 2 is 2.20 bits per heavy atom. The van der Waals surface area contributed by atoms with E-state index in [0.29, 0.717) is 19.0 Å². The van der Waals surface area contributed by atoms with Crippen LogP contribution in [-0.4, -0.2) is 42.1 Å². The first-order valence-electron chi connectivity index (χ1n) is 8.43. The van der Waals surface area contributed by atoms with Crippen molar-refractivity contribution in [3.63, 3.8) is 0 Å². The fraction of sp³-hybridized carbons (Fsp3) is 0.368. The molecule has 1 amide bonds. The van der Waals surface area contributed by atoms with Gasteiger partial charge >= 0.3 is 0 Å². The fourth-order valence-electron chi connectivity index (χ4n) is 2.91. The maximum absolute atomic E-state index is 12.6. The molecule has 0 saturated heterocycles. The molecule has 6 nitrogen and oxygen atoms in total. The summed E-state index contributed by atoms with van der Waals surface area (Å²) in [7, 11) is 1.64. The highest BCUT2D eigenvalue weighted by atomic mass is 16.5. The summed E-state index contributed by atoms with van der Waals surface area (Å²) in [6, 6.07) is 11.0. The van der Waals surface area contributed by atoms with Gasteiger partial charge in [0.15, 0.2) is 11.5 Å². The molecule has 2 heterocycles. The molecule has 0 radical (unpaired) electrons. The van der Waals surface area contributed by atoms with Gasteiger partial charge in [0.1, 0.15) is 5.82 Å². The third kappa shape index (κ3) is 4.09. The molecular weight excluding hydrogens is 318 g/mol. The molecule has 0 fully saturated rings. The topological polar surface area (TPSA) is 63.7 Å². The number of rotatable bonds is 4. The lowest BCUT2D eigenvalue weighted by molar-refractivity contribution is -0.121. The van der Waals surface area contributed by atoms with Gasteiger partial charge in [0, 0.05) is 24.8 Å². The van der Waals surface area contributed by atoms with Crippen LogP contribution in [0.15, 0.2) is 42.6 Å². The molecule has 1 atom stereocenters. The molecule has 0 spiro atoms.